The molecule has 33 heavy (non-hydrogen) atoms. The van der Waals surface area contributed by atoms with E-state index in [1.165, 1.54) is 40.3 Å². The summed E-state index contributed by atoms with van der Waals surface area (Å²) in [5.41, 5.74) is 10.1. The van der Waals surface area contributed by atoms with Crippen LogP contribution in [0.5, 0.6) is 5.75 Å². The molecule has 0 atom stereocenters. The van der Waals surface area contributed by atoms with Gasteiger partial charge in [-0.2, -0.15) is 0 Å². The molecule has 6 rings (SSSR count). The normalized spacial score (nSPS) is 15.2. The summed E-state index contributed by atoms with van der Waals surface area (Å²) in [6, 6.07) is 27.1. The second-order valence-corrected chi connectivity index (χ2v) is 8.97. The maximum atomic E-state index is 10.6. The molecule has 0 aromatic heterocycles. The minimum Gasteiger partial charge on any atom is -0.507 e. The molecule has 0 amide bonds. The topological polar surface area (TPSA) is 20.2 Å². The molecule has 0 bridgehead atoms. The van der Waals surface area contributed by atoms with Gasteiger partial charge < -0.3 is 5.11 Å². The lowest BCUT2D eigenvalue weighted by Crippen LogP contribution is -2.07. The second-order valence-electron chi connectivity index (χ2n) is 8.97. The van der Waals surface area contributed by atoms with Crippen molar-refractivity contribution in [3.05, 3.63) is 119 Å². The average molecular weight is 427 g/mol. The van der Waals surface area contributed by atoms with Crippen LogP contribution >= 0.6 is 0 Å². The lowest BCUT2D eigenvalue weighted by molar-refractivity contribution is 0.477. The largest absolute Gasteiger partial charge is 0.507 e. The average Bonchev–Trinajstić information content (AvgIpc) is 2.87. The summed E-state index contributed by atoms with van der Waals surface area (Å²) < 4.78 is 0. The molecule has 0 unspecified atom stereocenters. The van der Waals surface area contributed by atoms with Crippen LogP contribution in [0.1, 0.15) is 41.5 Å². The molecular formula is C32H26O. The lowest BCUT2D eigenvalue weighted by atomic mass is 9.79. The third kappa shape index (κ3) is 3.60. The zero-order valence-electron chi connectivity index (χ0n) is 18.6. The zero-order valence-corrected chi connectivity index (χ0v) is 18.6. The van der Waals surface area contributed by atoms with Gasteiger partial charge >= 0.3 is 0 Å². The Kier molecular flexibility index (Phi) is 4.96. The molecule has 0 spiro atoms. The Labute approximate surface area is 195 Å². The Morgan fingerprint density at radius 3 is 2.42 bits per heavy atom. The molecule has 1 N–H and O–H groups in total. The first-order valence-electron chi connectivity index (χ1n) is 11.8. The SMILES string of the molecule is Oc1ccccc1-c1cc2ccc3c(c2cc1C=Cc1ccccc1)CCC1=C3C=CCC1. The quantitative estimate of drug-likeness (QED) is 0.326. The molecular weight excluding hydrogens is 400 g/mol. The smallest absolute Gasteiger partial charge is 0.123 e. The summed E-state index contributed by atoms with van der Waals surface area (Å²) in [7, 11) is 0. The van der Waals surface area contributed by atoms with E-state index in [-0.39, 0.29) is 0 Å². The van der Waals surface area contributed by atoms with E-state index in [1.54, 1.807) is 11.6 Å². The third-order valence-corrected chi connectivity index (χ3v) is 7.00. The van der Waals surface area contributed by atoms with Crippen LogP contribution in [0, 0.1) is 0 Å². The number of benzene rings is 4. The standard InChI is InChI=1S/C32H26O/c33-32-13-7-6-12-29(32)31-21-25-17-19-27-26-11-5-4-10-23(26)16-18-28(27)30(25)20-24(31)15-14-22-8-2-1-3-9-22/h1-3,5-9,11-15,17,19-21,33H,4,10,16,18H2. The van der Waals surface area contributed by atoms with Crippen molar-refractivity contribution in [1.82, 2.24) is 0 Å². The fourth-order valence-corrected chi connectivity index (χ4v) is 5.32. The van der Waals surface area contributed by atoms with Gasteiger partial charge in [-0.25, -0.2) is 0 Å². The van der Waals surface area contributed by atoms with Crippen LogP contribution in [-0.2, 0) is 6.42 Å². The number of hydrogen-bond donors (Lipinski definition) is 1. The summed E-state index contributed by atoms with van der Waals surface area (Å²) in [5, 5.41) is 13.2. The first-order chi connectivity index (χ1) is 16.3. The molecule has 0 saturated carbocycles. The van der Waals surface area contributed by atoms with Crippen molar-refractivity contribution in [1.29, 1.82) is 0 Å². The third-order valence-electron chi connectivity index (χ3n) is 7.00. The highest BCUT2D eigenvalue weighted by Crippen LogP contribution is 2.42. The van der Waals surface area contributed by atoms with Crippen molar-refractivity contribution in [2.75, 3.05) is 0 Å². The summed E-state index contributed by atoms with van der Waals surface area (Å²) in [4.78, 5) is 0. The maximum absolute atomic E-state index is 10.6. The van der Waals surface area contributed by atoms with Crippen molar-refractivity contribution >= 4 is 28.5 Å². The van der Waals surface area contributed by atoms with Gasteiger partial charge in [0.15, 0.2) is 0 Å². The van der Waals surface area contributed by atoms with Gasteiger partial charge in [-0.05, 0) is 88.0 Å². The molecule has 0 fully saturated rings. The van der Waals surface area contributed by atoms with Crippen LogP contribution in [0.2, 0.25) is 0 Å². The predicted molar refractivity (Wildman–Crippen MR) is 140 cm³/mol. The van der Waals surface area contributed by atoms with E-state index in [1.807, 2.05) is 24.3 Å². The van der Waals surface area contributed by atoms with Gasteiger partial charge in [-0.15, -0.1) is 0 Å². The minimum atomic E-state index is 0.311. The molecule has 2 aliphatic carbocycles. The monoisotopic (exact) mass is 426 g/mol. The molecule has 2 aliphatic rings. The Morgan fingerprint density at radius 2 is 1.55 bits per heavy atom. The van der Waals surface area contributed by atoms with Gasteiger partial charge in [0.2, 0.25) is 0 Å². The number of phenols is 1. The van der Waals surface area contributed by atoms with Crippen LogP contribution in [0.4, 0.5) is 0 Å². The van der Waals surface area contributed by atoms with Crippen LogP contribution < -0.4 is 0 Å². The highest BCUT2D eigenvalue weighted by molar-refractivity contribution is 5.99. The van der Waals surface area contributed by atoms with Crippen LogP contribution in [0.3, 0.4) is 0 Å². The van der Waals surface area contributed by atoms with Gasteiger partial charge in [0.1, 0.15) is 5.75 Å². The first-order valence-corrected chi connectivity index (χ1v) is 11.8. The number of rotatable bonds is 3. The molecule has 0 aliphatic heterocycles. The number of phenolic OH excluding ortho intramolecular Hbond substituents is 1. The Morgan fingerprint density at radius 1 is 0.697 bits per heavy atom. The highest BCUT2D eigenvalue weighted by atomic mass is 16.3. The summed E-state index contributed by atoms with van der Waals surface area (Å²) in [6.45, 7) is 0. The minimum absolute atomic E-state index is 0.311. The van der Waals surface area contributed by atoms with E-state index in [2.05, 4.69) is 72.8 Å². The number of fused-ring (bicyclic) bond motifs is 4. The number of aryl methyl sites for hydroxylation is 1. The van der Waals surface area contributed by atoms with E-state index in [0.29, 0.717) is 5.75 Å². The van der Waals surface area contributed by atoms with E-state index < -0.39 is 0 Å². The van der Waals surface area contributed by atoms with E-state index in [9.17, 15) is 5.11 Å². The van der Waals surface area contributed by atoms with Crippen LogP contribution in [0.25, 0.3) is 39.6 Å². The lowest BCUT2D eigenvalue weighted by Gasteiger charge is -2.26. The molecule has 0 radical (unpaired) electrons. The van der Waals surface area contributed by atoms with E-state index >= 15 is 0 Å². The molecule has 4 aromatic rings. The Balaban J connectivity index is 1.57. The molecule has 1 nitrogen and oxygen atoms in total. The Hall–Kier alpha value is -3.84. The number of allylic oxidation sites excluding steroid dienone is 4. The summed E-state index contributed by atoms with van der Waals surface area (Å²) >= 11 is 0. The predicted octanol–water partition coefficient (Wildman–Crippen LogP) is 8.43. The number of aromatic hydroxyl groups is 1. The van der Waals surface area contributed by atoms with E-state index in [4.69, 9.17) is 0 Å². The molecule has 0 saturated heterocycles. The van der Waals surface area contributed by atoms with Crippen molar-refractivity contribution in [3.8, 4) is 16.9 Å². The zero-order chi connectivity index (χ0) is 22.2. The Bertz CT molecular complexity index is 1450. The summed E-state index contributed by atoms with van der Waals surface area (Å²) in [6.07, 6.45) is 13.6. The second kappa shape index (κ2) is 8.26. The number of para-hydroxylation sites is 1. The van der Waals surface area contributed by atoms with Gasteiger partial charge in [0, 0.05) is 5.56 Å². The molecule has 1 heteroatoms. The fraction of sp³-hybridized carbons (Fsp3) is 0.125. The highest BCUT2D eigenvalue weighted by Gasteiger charge is 2.21. The van der Waals surface area contributed by atoms with Crippen molar-refractivity contribution in [2.24, 2.45) is 0 Å². The maximum Gasteiger partial charge on any atom is 0.123 e. The van der Waals surface area contributed by atoms with Crippen LogP contribution in [0.15, 0.2) is 96.6 Å². The van der Waals surface area contributed by atoms with E-state index in [0.717, 1.165) is 35.1 Å². The fourth-order valence-electron chi connectivity index (χ4n) is 5.32. The van der Waals surface area contributed by atoms with Gasteiger partial charge in [0.05, 0.1) is 0 Å². The van der Waals surface area contributed by atoms with Gasteiger partial charge in [-0.3, -0.25) is 0 Å². The molecule has 0 heterocycles. The van der Waals surface area contributed by atoms with Crippen LogP contribution in [-0.4, -0.2) is 5.11 Å². The van der Waals surface area contributed by atoms with Gasteiger partial charge in [0.25, 0.3) is 0 Å². The van der Waals surface area contributed by atoms with Crippen molar-refractivity contribution < 1.29 is 5.11 Å². The van der Waals surface area contributed by atoms with Gasteiger partial charge in [-0.1, -0.05) is 90.5 Å². The molecule has 160 valence electrons. The first kappa shape index (κ1) is 19.8. The number of hydrogen-bond acceptors (Lipinski definition) is 1. The van der Waals surface area contributed by atoms with Crippen molar-refractivity contribution in [2.45, 2.75) is 25.7 Å². The van der Waals surface area contributed by atoms with Crippen molar-refractivity contribution in [3.63, 3.8) is 0 Å². The summed E-state index contributed by atoms with van der Waals surface area (Å²) in [5.74, 6) is 0.311. The molecule has 4 aromatic carbocycles.